The Bertz CT molecular complexity index is 1080. The Hall–Kier alpha value is -2.77. The summed E-state index contributed by atoms with van der Waals surface area (Å²) in [7, 11) is 0. The van der Waals surface area contributed by atoms with Crippen molar-refractivity contribution in [2.75, 3.05) is 16.8 Å². The Labute approximate surface area is 177 Å². The molecule has 0 radical (unpaired) electrons. The summed E-state index contributed by atoms with van der Waals surface area (Å²) in [5.41, 5.74) is 3.53. The fourth-order valence-corrected chi connectivity index (χ4v) is 4.54. The topological polar surface area (TPSA) is 75.2 Å². The quantitative estimate of drug-likeness (QED) is 0.662. The molecule has 0 saturated carbocycles. The molecule has 0 aliphatic carbocycles. The first-order valence-corrected chi connectivity index (χ1v) is 10.4. The lowest BCUT2D eigenvalue weighted by Crippen LogP contribution is -2.24. The standard InChI is InChI=1S/C21H19ClN4O2S/c1-12-7-13(2)9-15(8-12)26-11-14(10-18(26)27)20-24-25-21(29-20)23-19(28)16-5-3-4-6-17(16)22/h3-9,14H,10-11H2,1-2H3,(H,23,25,28)/t14-/m1/s1. The van der Waals surface area contributed by atoms with Crippen molar-refractivity contribution in [2.24, 2.45) is 0 Å². The number of aromatic nitrogens is 2. The van der Waals surface area contributed by atoms with E-state index in [9.17, 15) is 9.59 Å². The van der Waals surface area contributed by atoms with Crippen molar-refractivity contribution in [3.05, 3.63) is 69.2 Å². The molecule has 2 aromatic carbocycles. The average molecular weight is 427 g/mol. The molecule has 0 bridgehead atoms. The number of rotatable bonds is 4. The van der Waals surface area contributed by atoms with Gasteiger partial charge < -0.3 is 4.90 Å². The number of nitrogens with one attached hydrogen (secondary N) is 1. The highest BCUT2D eigenvalue weighted by molar-refractivity contribution is 7.15. The Morgan fingerprint density at radius 1 is 1.17 bits per heavy atom. The SMILES string of the molecule is Cc1cc(C)cc(N2C[C@H](c3nnc(NC(=O)c4ccccc4Cl)s3)CC2=O)c1. The van der Waals surface area contributed by atoms with E-state index in [-0.39, 0.29) is 17.7 Å². The van der Waals surface area contributed by atoms with E-state index in [1.807, 2.05) is 26.0 Å². The second kappa shape index (κ2) is 7.93. The third-order valence-corrected chi connectivity index (χ3v) is 6.10. The fourth-order valence-electron chi connectivity index (χ4n) is 3.49. The van der Waals surface area contributed by atoms with Crippen molar-refractivity contribution in [2.45, 2.75) is 26.2 Å². The van der Waals surface area contributed by atoms with E-state index in [0.717, 1.165) is 21.8 Å². The van der Waals surface area contributed by atoms with Gasteiger partial charge in [-0.15, -0.1) is 10.2 Å². The van der Waals surface area contributed by atoms with Crippen molar-refractivity contribution >= 4 is 45.6 Å². The van der Waals surface area contributed by atoms with Crippen molar-refractivity contribution in [1.82, 2.24) is 10.2 Å². The number of hydrogen-bond donors (Lipinski definition) is 1. The number of amides is 2. The number of anilines is 2. The number of nitrogens with zero attached hydrogens (tertiary/aromatic N) is 3. The molecule has 29 heavy (non-hydrogen) atoms. The number of carbonyl (C=O) groups is 2. The van der Waals surface area contributed by atoms with Gasteiger partial charge in [-0.1, -0.05) is 41.1 Å². The van der Waals surface area contributed by atoms with Crippen LogP contribution < -0.4 is 10.2 Å². The van der Waals surface area contributed by atoms with Crippen LogP contribution in [0.5, 0.6) is 0 Å². The fraction of sp³-hybridized carbons (Fsp3) is 0.238. The van der Waals surface area contributed by atoms with Crippen LogP contribution in [0.15, 0.2) is 42.5 Å². The maximum Gasteiger partial charge on any atom is 0.259 e. The zero-order valence-corrected chi connectivity index (χ0v) is 17.5. The molecule has 1 aromatic heterocycles. The van der Waals surface area contributed by atoms with E-state index in [1.165, 1.54) is 11.3 Å². The van der Waals surface area contributed by atoms with Crippen LogP contribution in [0.4, 0.5) is 10.8 Å². The lowest BCUT2D eigenvalue weighted by atomic mass is 10.1. The molecule has 8 heteroatoms. The molecular formula is C21H19ClN4O2S. The molecule has 1 atom stereocenters. The zero-order chi connectivity index (χ0) is 20.5. The summed E-state index contributed by atoms with van der Waals surface area (Å²) in [4.78, 5) is 26.8. The molecular weight excluding hydrogens is 408 g/mol. The van der Waals surface area contributed by atoms with Gasteiger partial charge in [0.2, 0.25) is 11.0 Å². The van der Waals surface area contributed by atoms with E-state index in [0.29, 0.717) is 28.7 Å². The normalized spacial score (nSPS) is 16.3. The first-order valence-electron chi connectivity index (χ1n) is 9.18. The summed E-state index contributed by atoms with van der Waals surface area (Å²) in [6.45, 7) is 4.59. The molecule has 1 N–H and O–H groups in total. The van der Waals surface area contributed by atoms with Crippen LogP contribution in [0.2, 0.25) is 5.02 Å². The summed E-state index contributed by atoms with van der Waals surface area (Å²) < 4.78 is 0. The maximum absolute atomic E-state index is 12.6. The van der Waals surface area contributed by atoms with E-state index >= 15 is 0 Å². The molecule has 0 spiro atoms. The highest BCUT2D eigenvalue weighted by Gasteiger charge is 2.34. The molecule has 1 fully saturated rings. The van der Waals surface area contributed by atoms with Crippen molar-refractivity contribution in [3.8, 4) is 0 Å². The third-order valence-electron chi connectivity index (χ3n) is 4.77. The maximum atomic E-state index is 12.6. The van der Waals surface area contributed by atoms with Gasteiger partial charge >= 0.3 is 0 Å². The summed E-state index contributed by atoms with van der Waals surface area (Å²) in [5.74, 6) is -0.318. The van der Waals surface area contributed by atoms with Crippen LogP contribution in [-0.4, -0.2) is 28.6 Å². The predicted molar refractivity (Wildman–Crippen MR) is 115 cm³/mol. The van der Waals surface area contributed by atoms with Crippen LogP contribution >= 0.6 is 22.9 Å². The van der Waals surface area contributed by atoms with Crippen LogP contribution in [0.3, 0.4) is 0 Å². The van der Waals surface area contributed by atoms with Gasteiger partial charge in [-0.25, -0.2) is 0 Å². The predicted octanol–water partition coefficient (Wildman–Crippen LogP) is 4.58. The molecule has 148 valence electrons. The second-order valence-electron chi connectivity index (χ2n) is 7.13. The van der Waals surface area contributed by atoms with Gasteiger partial charge in [-0.3, -0.25) is 14.9 Å². The van der Waals surface area contributed by atoms with Gasteiger partial charge in [-0.05, 0) is 49.2 Å². The lowest BCUT2D eigenvalue weighted by molar-refractivity contribution is -0.117. The number of carbonyl (C=O) groups excluding carboxylic acids is 2. The molecule has 3 aromatic rings. The van der Waals surface area contributed by atoms with Gasteiger partial charge in [-0.2, -0.15) is 0 Å². The minimum Gasteiger partial charge on any atom is -0.312 e. The van der Waals surface area contributed by atoms with E-state index in [4.69, 9.17) is 11.6 Å². The van der Waals surface area contributed by atoms with Crippen molar-refractivity contribution in [1.29, 1.82) is 0 Å². The minimum atomic E-state index is -0.335. The summed E-state index contributed by atoms with van der Waals surface area (Å²) >= 11 is 7.36. The van der Waals surface area contributed by atoms with Crippen LogP contribution in [0.25, 0.3) is 0 Å². The summed E-state index contributed by atoms with van der Waals surface area (Å²) in [6.07, 6.45) is 0.375. The van der Waals surface area contributed by atoms with Gasteiger partial charge in [0.25, 0.3) is 5.91 Å². The van der Waals surface area contributed by atoms with Crippen LogP contribution in [0, 0.1) is 13.8 Å². The Morgan fingerprint density at radius 2 is 1.90 bits per heavy atom. The Kier molecular flexibility index (Phi) is 5.34. The summed E-state index contributed by atoms with van der Waals surface area (Å²) in [5, 5.41) is 12.5. The molecule has 2 heterocycles. The van der Waals surface area contributed by atoms with Gasteiger partial charge in [0, 0.05) is 24.6 Å². The molecule has 4 rings (SSSR count). The molecule has 1 saturated heterocycles. The Morgan fingerprint density at radius 3 is 2.62 bits per heavy atom. The minimum absolute atomic E-state index is 0.0493. The van der Waals surface area contributed by atoms with E-state index in [1.54, 1.807) is 29.2 Å². The number of hydrogen-bond acceptors (Lipinski definition) is 5. The first-order chi connectivity index (χ1) is 13.9. The van der Waals surface area contributed by atoms with Crippen molar-refractivity contribution < 1.29 is 9.59 Å². The lowest BCUT2D eigenvalue weighted by Gasteiger charge is -2.17. The number of halogens is 1. The van der Waals surface area contributed by atoms with Crippen molar-refractivity contribution in [3.63, 3.8) is 0 Å². The van der Waals surface area contributed by atoms with E-state index < -0.39 is 0 Å². The molecule has 6 nitrogen and oxygen atoms in total. The highest BCUT2D eigenvalue weighted by Crippen LogP contribution is 2.35. The molecule has 0 unspecified atom stereocenters. The van der Waals surface area contributed by atoms with Gasteiger partial charge in [0.1, 0.15) is 5.01 Å². The van der Waals surface area contributed by atoms with Gasteiger partial charge in [0.15, 0.2) is 0 Å². The summed E-state index contributed by atoms with van der Waals surface area (Å²) in [6, 6.07) is 12.9. The second-order valence-corrected chi connectivity index (χ2v) is 8.55. The third kappa shape index (κ3) is 4.16. The average Bonchev–Trinajstić information content (AvgIpc) is 3.27. The number of aryl methyl sites for hydroxylation is 2. The Balaban J connectivity index is 1.48. The molecule has 1 aliphatic heterocycles. The molecule has 1 aliphatic rings. The van der Waals surface area contributed by atoms with E-state index in [2.05, 4.69) is 21.6 Å². The highest BCUT2D eigenvalue weighted by atomic mass is 35.5. The van der Waals surface area contributed by atoms with Crippen LogP contribution in [0.1, 0.15) is 38.8 Å². The monoisotopic (exact) mass is 426 g/mol. The molecule has 2 amide bonds. The van der Waals surface area contributed by atoms with Gasteiger partial charge in [0.05, 0.1) is 10.6 Å². The zero-order valence-electron chi connectivity index (χ0n) is 16.0. The number of benzene rings is 2. The smallest absolute Gasteiger partial charge is 0.259 e. The van der Waals surface area contributed by atoms with Crippen LogP contribution in [-0.2, 0) is 4.79 Å². The largest absolute Gasteiger partial charge is 0.312 e. The first kappa shape index (κ1) is 19.5.